The Kier molecular flexibility index (Phi) is 3.81. The number of anilines is 1. The molecule has 1 aliphatic carbocycles. The van der Waals surface area contributed by atoms with E-state index < -0.39 is 0 Å². The first kappa shape index (κ1) is 11.9. The number of halogens is 1. The van der Waals surface area contributed by atoms with E-state index in [1.165, 1.54) is 0 Å². The number of rotatable bonds is 2. The summed E-state index contributed by atoms with van der Waals surface area (Å²) >= 11 is 2.23. The lowest BCUT2D eigenvalue weighted by molar-refractivity contribution is -0.119. The molecule has 0 spiro atoms. The predicted octanol–water partition coefficient (Wildman–Crippen LogP) is 2.36. The van der Waals surface area contributed by atoms with Crippen LogP contribution in [0.4, 0.5) is 5.69 Å². The maximum Gasteiger partial charge on any atom is 0.227 e. The second kappa shape index (κ2) is 5.14. The first-order chi connectivity index (χ1) is 7.65. The molecule has 1 aromatic rings. The Morgan fingerprint density at radius 1 is 1.44 bits per heavy atom. The zero-order valence-electron chi connectivity index (χ0n) is 8.95. The Morgan fingerprint density at radius 3 is 2.88 bits per heavy atom. The van der Waals surface area contributed by atoms with Gasteiger partial charge in [-0.2, -0.15) is 0 Å². The summed E-state index contributed by atoms with van der Waals surface area (Å²) in [5, 5.41) is 2.95. The first-order valence-electron chi connectivity index (χ1n) is 5.47. The van der Waals surface area contributed by atoms with Crippen molar-refractivity contribution in [2.24, 2.45) is 11.7 Å². The lowest BCUT2D eigenvalue weighted by atomic mass is 10.1. The predicted molar refractivity (Wildman–Crippen MR) is 73.1 cm³/mol. The van der Waals surface area contributed by atoms with Crippen molar-refractivity contribution in [1.82, 2.24) is 0 Å². The van der Waals surface area contributed by atoms with Crippen molar-refractivity contribution in [3.8, 4) is 0 Å². The molecule has 3 N–H and O–H groups in total. The summed E-state index contributed by atoms with van der Waals surface area (Å²) in [4.78, 5) is 11.9. The molecule has 0 radical (unpaired) electrons. The smallest absolute Gasteiger partial charge is 0.227 e. The molecule has 1 amide bonds. The van der Waals surface area contributed by atoms with E-state index in [0.717, 1.165) is 28.5 Å². The topological polar surface area (TPSA) is 55.1 Å². The van der Waals surface area contributed by atoms with Crippen LogP contribution in [0.2, 0.25) is 0 Å². The van der Waals surface area contributed by atoms with E-state index in [9.17, 15) is 4.79 Å². The van der Waals surface area contributed by atoms with Gasteiger partial charge in [-0.25, -0.2) is 0 Å². The number of hydrogen-bond donors (Lipinski definition) is 2. The summed E-state index contributed by atoms with van der Waals surface area (Å²) in [6.45, 7) is 0. The number of carbonyl (C=O) groups is 1. The molecule has 16 heavy (non-hydrogen) atoms. The molecule has 4 heteroatoms. The van der Waals surface area contributed by atoms with E-state index in [2.05, 4.69) is 27.9 Å². The van der Waals surface area contributed by atoms with Gasteiger partial charge in [-0.1, -0.05) is 6.07 Å². The van der Waals surface area contributed by atoms with Gasteiger partial charge in [0.25, 0.3) is 0 Å². The Hall–Kier alpha value is -0.620. The molecule has 0 heterocycles. The zero-order valence-corrected chi connectivity index (χ0v) is 11.1. The third kappa shape index (κ3) is 2.95. The van der Waals surface area contributed by atoms with Gasteiger partial charge in [0.15, 0.2) is 0 Å². The molecular formula is C12H15IN2O. The third-order valence-corrected chi connectivity index (χ3v) is 3.61. The van der Waals surface area contributed by atoms with Gasteiger partial charge >= 0.3 is 0 Å². The summed E-state index contributed by atoms with van der Waals surface area (Å²) in [5.41, 5.74) is 6.67. The molecule has 0 bridgehead atoms. The van der Waals surface area contributed by atoms with Crippen LogP contribution in [0.5, 0.6) is 0 Å². The van der Waals surface area contributed by atoms with Crippen molar-refractivity contribution in [2.75, 3.05) is 5.32 Å². The standard InChI is InChI=1S/C12H15IN2O/c13-9-2-1-3-11(7-9)15-12(16)8-4-5-10(14)6-8/h1-3,7-8,10H,4-6,14H2,(H,15,16). The van der Waals surface area contributed by atoms with Gasteiger partial charge in [-0.15, -0.1) is 0 Å². The Morgan fingerprint density at radius 2 is 2.25 bits per heavy atom. The maximum absolute atomic E-state index is 11.9. The van der Waals surface area contributed by atoms with Crippen molar-refractivity contribution < 1.29 is 4.79 Å². The number of benzene rings is 1. The number of hydrogen-bond acceptors (Lipinski definition) is 2. The molecule has 1 fully saturated rings. The van der Waals surface area contributed by atoms with Crippen molar-refractivity contribution in [2.45, 2.75) is 25.3 Å². The van der Waals surface area contributed by atoms with Gasteiger partial charge < -0.3 is 11.1 Å². The van der Waals surface area contributed by atoms with Crippen LogP contribution in [0, 0.1) is 9.49 Å². The van der Waals surface area contributed by atoms with Gasteiger partial charge in [0, 0.05) is 21.2 Å². The minimum Gasteiger partial charge on any atom is -0.328 e. The summed E-state index contributed by atoms with van der Waals surface area (Å²) in [5.74, 6) is 0.197. The Balaban J connectivity index is 1.97. The van der Waals surface area contributed by atoms with E-state index in [1.807, 2.05) is 24.3 Å². The van der Waals surface area contributed by atoms with Crippen molar-refractivity contribution in [3.63, 3.8) is 0 Å². The quantitative estimate of drug-likeness (QED) is 0.818. The molecule has 1 aromatic carbocycles. The van der Waals surface area contributed by atoms with E-state index in [0.29, 0.717) is 0 Å². The average Bonchev–Trinajstić information content (AvgIpc) is 2.65. The molecule has 2 atom stereocenters. The fourth-order valence-corrected chi connectivity index (χ4v) is 2.61. The zero-order chi connectivity index (χ0) is 11.5. The van der Waals surface area contributed by atoms with Gasteiger partial charge in [-0.3, -0.25) is 4.79 Å². The first-order valence-corrected chi connectivity index (χ1v) is 6.55. The highest BCUT2D eigenvalue weighted by Gasteiger charge is 2.27. The van der Waals surface area contributed by atoms with Crippen molar-refractivity contribution in [3.05, 3.63) is 27.8 Å². The fourth-order valence-electron chi connectivity index (χ4n) is 2.07. The van der Waals surface area contributed by atoms with Gasteiger partial charge in [0.05, 0.1) is 0 Å². The van der Waals surface area contributed by atoms with E-state index in [-0.39, 0.29) is 17.9 Å². The van der Waals surface area contributed by atoms with Gasteiger partial charge in [-0.05, 0) is 60.1 Å². The van der Waals surface area contributed by atoms with Crippen LogP contribution in [0.15, 0.2) is 24.3 Å². The normalized spacial score (nSPS) is 24.4. The molecule has 0 aromatic heterocycles. The van der Waals surface area contributed by atoms with Crippen molar-refractivity contribution in [1.29, 1.82) is 0 Å². The highest BCUT2D eigenvalue weighted by Crippen LogP contribution is 2.25. The minimum absolute atomic E-state index is 0.0906. The number of carbonyl (C=O) groups excluding carboxylic acids is 1. The summed E-state index contributed by atoms with van der Waals surface area (Å²) in [6.07, 6.45) is 2.69. The fraction of sp³-hybridized carbons (Fsp3) is 0.417. The van der Waals surface area contributed by atoms with E-state index in [4.69, 9.17) is 5.73 Å². The second-order valence-corrected chi connectivity index (χ2v) is 5.52. The molecular weight excluding hydrogens is 315 g/mol. The average molecular weight is 330 g/mol. The summed E-state index contributed by atoms with van der Waals surface area (Å²) < 4.78 is 1.12. The molecule has 2 unspecified atom stereocenters. The third-order valence-electron chi connectivity index (χ3n) is 2.94. The van der Waals surface area contributed by atoms with Crippen LogP contribution in [-0.4, -0.2) is 11.9 Å². The van der Waals surface area contributed by atoms with Gasteiger partial charge in [0.2, 0.25) is 5.91 Å². The van der Waals surface area contributed by atoms with Crippen LogP contribution in [0.25, 0.3) is 0 Å². The van der Waals surface area contributed by atoms with Crippen LogP contribution < -0.4 is 11.1 Å². The highest BCUT2D eigenvalue weighted by atomic mass is 127. The summed E-state index contributed by atoms with van der Waals surface area (Å²) in [7, 11) is 0. The summed E-state index contributed by atoms with van der Waals surface area (Å²) in [6, 6.07) is 8.02. The second-order valence-electron chi connectivity index (χ2n) is 4.27. The lowest BCUT2D eigenvalue weighted by Crippen LogP contribution is -2.23. The van der Waals surface area contributed by atoms with Gasteiger partial charge in [0.1, 0.15) is 0 Å². The molecule has 0 aliphatic heterocycles. The van der Waals surface area contributed by atoms with E-state index >= 15 is 0 Å². The largest absolute Gasteiger partial charge is 0.328 e. The molecule has 1 saturated carbocycles. The van der Waals surface area contributed by atoms with Crippen LogP contribution in [-0.2, 0) is 4.79 Å². The molecule has 1 aliphatic rings. The Labute approximate surface area is 109 Å². The van der Waals surface area contributed by atoms with Crippen molar-refractivity contribution >= 4 is 34.2 Å². The lowest BCUT2D eigenvalue weighted by Gasteiger charge is -2.10. The van der Waals surface area contributed by atoms with E-state index in [1.54, 1.807) is 0 Å². The molecule has 86 valence electrons. The monoisotopic (exact) mass is 330 g/mol. The molecule has 2 rings (SSSR count). The minimum atomic E-state index is 0.0906. The Bertz CT molecular complexity index is 394. The molecule has 0 saturated heterocycles. The van der Waals surface area contributed by atoms with Crippen LogP contribution in [0.1, 0.15) is 19.3 Å². The SMILES string of the molecule is NC1CCC(C(=O)Nc2cccc(I)c2)C1. The molecule has 3 nitrogen and oxygen atoms in total. The maximum atomic E-state index is 11.9. The van der Waals surface area contributed by atoms with Crippen LogP contribution in [0.3, 0.4) is 0 Å². The number of nitrogens with two attached hydrogens (primary N) is 1. The number of amides is 1. The highest BCUT2D eigenvalue weighted by molar-refractivity contribution is 14.1. The number of nitrogens with one attached hydrogen (secondary N) is 1. The van der Waals surface area contributed by atoms with Crippen LogP contribution >= 0.6 is 22.6 Å².